The molecule has 1 aliphatic heterocycles. The van der Waals surface area contributed by atoms with Gasteiger partial charge in [0.15, 0.2) is 0 Å². The van der Waals surface area contributed by atoms with Crippen molar-refractivity contribution in [2.45, 2.75) is 52.1 Å². The summed E-state index contributed by atoms with van der Waals surface area (Å²) < 4.78 is 5.12. The summed E-state index contributed by atoms with van der Waals surface area (Å²) in [5.74, 6) is 0.561. The van der Waals surface area contributed by atoms with Gasteiger partial charge in [-0.3, -0.25) is 4.79 Å². The van der Waals surface area contributed by atoms with Gasteiger partial charge in [-0.2, -0.15) is 0 Å². The van der Waals surface area contributed by atoms with Gasteiger partial charge in [0.2, 0.25) is 0 Å². The predicted molar refractivity (Wildman–Crippen MR) is 71.0 cm³/mol. The van der Waals surface area contributed by atoms with E-state index in [0.717, 1.165) is 18.5 Å². The zero-order valence-corrected chi connectivity index (χ0v) is 11.9. The fourth-order valence-corrected chi connectivity index (χ4v) is 2.56. The van der Waals surface area contributed by atoms with Crippen molar-refractivity contribution >= 4 is 5.91 Å². The molecule has 0 saturated carbocycles. The number of carbonyl (C=O) groups is 1. The van der Waals surface area contributed by atoms with Gasteiger partial charge < -0.3 is 14.5 Å². The van der Waals surface area contributed by atoms with E-state index in [-0.39, 0.29) is 5.91 Å². The van der Waals surface area contributed by atoms with Crippen molar-refractivity contribution in [1.82, 2.24) is 10.1 Å². The second-order valence-electron chi connectivity index (χ2n) is 5.56. The minimum Gasteiger partial charge on any atom is -0.390 e. The Hall–Kier alpha value is -1.36. The Kier molecular flexibility index (Phi) is 3.94. The Morgan fingerprint density at radius 1 is 1.47 bits per heavy atom. The summed E-state index contributed by atoms with van der Waals surface area (Å²) in [6.45, 7) is 6.83. The number of carbonyl (C=O) groups excluding carboxylic acids is 1. The van der Waals surface area contributed by atoms with Crippen molar-refractivity contribution < 1.29 is 14.4 Å². The molecule has 1 fully saturated rings. The van der Waals surface area contributed by atoms with E-state index in [4.69, 9.17) is 4.52 Å². The summed E-state index contributed by atoms with van der Waals surface area (Å²) in [6.07, 6.45) is 2.86. The molecule has 5 heteroatoms. The number of aromatic nitrogens is 1. The number of rotatable bonds is 2. The van der Waals surface area contributed by atoms with Crippen LogP contribution in [-0.2, 0) is 6.42 Å². The number of aryl methyl sites for hydroxylation is 2. The van der Waals surface area contributed by atoms with E-state index >= 15 is 0 Å². The number of amides is 1. The van der Waals surface area contributed by atoms with Gasteiger partial charge in [-0.25, -0.2) is 0 Å². The van der Waals surface area contributed by atoms with E-state index in [2.05, 4.69) is 5.16 Å². The van der Waals surface area contributed by atoms with Crippen LogP contribution in [0.1, 0.15) is 54.9 Å². The summed E-state index contributed by atoms with van der Waals surface area (Å²) in [4.78, 5) is 14.4. The first-order chi connectivity index (χ1) is 8.94. The third-order valence-electron chi connectivity index (χ3n) is 3.83. The minimum absolute atomic E-state index is 0.0201. The highest BCUT2D eigenvalue weighted by Gasteiger charge is 2.30. The second kappa shape index (κ2) is 5.33. The van der Waals surface area contributed by atoms with Gasteiger partial charge in [0.1, 0.15) is 11.3 Å². The van der Waals surface area contributed by atoms with Crippen LogP contribution in [-0.4, -0.2) is 39.8 Å². The van der Waals surface area contributed by atoms with Crippen molar-refractivity contribution in [2.24, 2.45) is 0 Å². The molecular formula is C14H22N2O3. The molecule has 0 radical (unpaired) electrons. The van der Waals surface area contributed by atoms with Crippen molar-refractivity contribution in [3.05, 3.63) is 17.0 Å². The van der Waals surface area contributed by atoms with Crippen molar-refractivity contribution in [1.29, 1.82) is 0 Å². The summed E-state index contributed by atoms with van der Waals surface area (Å²) in [5.41, 5.74) is 0.661. The number of likely N-dealkylation sites (tertiary alicyclic amines) is 1. The molecule has 0 spiro atoms. The lowest BCUT2D eigenvalue weighted by molar-refractivity contribution is 0.0437. The van der Waals surface area contributed by atoms with Crippen molar-refractivity contribution in [2.75, 3.05) is 13.1 Å². The first-order valence-corrected chi connectivity index (χ1v) is 6.91. The highest BCUT2D eigenvalue weighted by molar-refractivity contribution is 5.96. The van der Waals surface area contributed by atoms with Crippen LogP contribution in [0.25, 0.3) is 0 Å². The average Bonchev–Trinajstić information content (AvgIpc) is 2.63. The first-order valence-electron chi connectivity index (χ1n) is 6.91. The Labute approximate surface area is 113 Å². The Morgan fingerprint density at radius 3 is 2.89 bits per heavy atom. The number of nitrogens with zero attached hydrogens (tertiary/aromatic N) is 2. The molecule has 1 aromatic rings. The van der Waals surface area contributed by atoms with Crippen LogP contribution in [0.15, 0.2) is 4.52 Å². The molecule has 1 N–H and O–H groups in total. The molecule has 1 unspecified atom stereocenters. The van der Waals surface area contributed by atoms with Gasteiger partial charge >= 0.3 is 0 Å². The molecule has 0 aromatic carbocycles. The monoisotopic (exact) mass is 266 g/mol. The Morgan fingerprint density at radius 2 is 2.21 bits per heavy atom. The molecule has 0 bridgehead atoms. The quantitative estimate of drug-likeness (QED) is 0.888. The third-order valence-corrected chi connectivity index (χ3v) is 3.83. The van der Waals surface area contributed by atoms with Crippen LogP contribution in [0.5, 0.6) is 0 Å². The molecule has 1 saturated heterocycles. The van der Waals surface area contributed by atoms with Crippen LogP contribution in [0.2, 0.25) is 0 Å². The number of hydrogen-bond acceptors (Lipinski definition) is 4. The molecular weight excluding hydrogens is 244 g/mol. The standard InChI is InChI=1S/C14H22N2O3/c1-4-11-12(10(2)19-15-11)13(17)16-8-5-6-14(3,18)7-9-16/h18H,4-9H2,1-3H3. The Balaban J connectivity index is 2.17. The van der Waals surface area contributed by atoms with Gasteiger partial charge in [-0.05, 0) is 39.5 Å². The topological polar surface area (TPSA) is 66.6 Å². The smallest absolute Gasteiger partial charge is 0.259 e. The molecule has 5 nitrogen and oxygen atoms in total. The van der Waals surface area contributed by atoms with E-state index in [0.29, 0.717) is 37.3 Å². The highest BCUT2D eigenvalue weighted by atomic mass is 16.5. The lowest BCUT2D eigenvalue weighted by Crippen LogP contribution is -2.34. The van der Waals surface area contributed by atoms with Gasteiger partial charge in [-0.1, -0.05) is 12.1 Å². The SMILES string of the molecule is CCc1noc(C)c1C(=O)N1CCCC(C)(O)CC1. The van der Waals surface area contributed by atoms with E-state index in [1.807, 2.05) is 13.8 Å². The zero-order chi connectivity index (χ0) is 14.0. The van der Waals surface area contributed by atoms with Crippen LogP contribution in [0.4, 0.5) is 0 Å². The molecule has 1 atom stereocenters. The van der Waals surface area contributed by atoms with Gasteiger partial charge in [0.25, 0.3) is 5.91 Å². The lowest BCUT2D eigenvalue weighted by Gasteiger charge is -2.22. The van der Waals surface area contributed by atoms with Gasteiger partial charge in [0, 0.05) is 13.1 Å². The second-order valence-corrected chi connectivity index (χ2v) is 5.56. The number of aliphatic hydroxyl groups is 1. The van der Waals surface area contributed by atoms with Crippen LogP contribution >= 0.6 is 0 Å². The maximum absolute atomic E-state index is 12.6. The van der Waals surface area contributed by atoms with Crippen LogP contribution in [0, 0.1) is 6.92 Å². The number of hydrogen-bond donors (Lipinski definition) is 1. The Bertz CT molecular complexity index is 465. The minimum atomic E-state index is -0.660. The van der Waals surface area contributed by atoms with E-state index < -0.39 is 5.60 Å². The van der Waals surface area contributed by atoms with Gasteiger partial charge in [0.05, 0.1) is 11.3 Å². The molecule has 1 aromatic heterocycles. The van der Waals surface area contributed by atoms with Crippen molar-refractivity contribution in [3.63, 3.8) is 0 Å². The normalized spacial score (nSPS) is 24.3. The highest BCUT2D eigenvalue weighted by Crippen LogP contribution is 2.24. The molecule has 1 amide bonds. The van der Waals surface area contributed by atoms with E-state index in [1.54, 1.807) is 11.8 Å². The predicted octanol–water partition coefficient (Wildman–Crippen LogP) is 1.92. The molecule has 0 aliphatic carbocycles. The van der Waals surface area contributed by atoms with Gasteiger partial charge in [-0.15, -0.1) is 0 Å². The van der Waals surface area contributed by atoms with Crippen molar-refractivity contribution in [3.8, 4) is 0 Å². The fourth-order valence-electron chi connectivity index (χ4n) is 2.56. The summed E-state index contributed by atoms with van der Waals surface area (Å²) in [5, 5.41) is 14.0. The average molecular weight is 266 g/mol. The molecule has 19 heavy (non-hydrogen) atoms. The molecule has 1 aliphatic rings. The van der Waals surface area contributed by atoms with Crippen LogP contribution < -0.4 is 0 Å². The lowest BCUT2D eigenvalue weighted by atomic mass is 9.98. The van der Waals surface area contributed by atoms with E-state index in [9.17, 15) is 9.90 Å². The molecule has 2 heterocycles. The largest absolute Gasteiger partial charge is 0.390 e. The zero-order valence-electron chi connectivity index (χ0n) is 11.9. The summed E-state index contributed by atoms with van der Waals surface area (Å²) in [7, 11) is 0. The van der Waals surface area contributed by atoms with E-state index in [1.165, 1.54) is 0 Å². The molecule has 106 valence electrons. The summed E-state index contributed by atoms with van der Waals surface area (Å²) >= 11 is 0. The third kappa shape index (κ3) is 2.97. The molecule has 2 rings (SSSR count). The summed E-state index contributed by atoms with van der Waals surface area (Å²) in [6, 6.07) is 0. The fraction of sp³-hybridized carbons (Fsp3) is 0.714. The maximum atomic E-state index is 12.6. The van der Waals surface area contributed by atoms with Crippen LogP contribution in [0.3, 0.4) is 0 Å². The first kappa shape index (κ1) is 14.1. The maximum Gasteiger partial charge on any atom is 0.259 e.